The van der Waals surface area contributed by atoms with Gasteiger partial charge in [0, 0.05) is 27.4 Å². The molecule has 0 saturated heterocycles. The number of aromatic nitrogens is 2. The van der Waals surface area contributed by atoms with Crippen LogP contribution in [0.2, 0.25) is 20.1 Å². The second kappa shape index (κ2) is 8.05. The highest BCUT2D eigenvalue weighted by Crippen LogP contribution is 2.41. The highest BCUT2D eigenvalue weighted by atomic mass is 35.5. The fourth-order valence-corrected chi connectivity index (χ4v) is 4.76. The molecule has 0 fully saturated rings. The highest BCUT2D eigenvalue weighted by Gasteiger charge is 2.23. The van der Waals surface area contributed by atoms with Gasteiger partial charge in [0.2, 0.25) is 0 Å². The third-order valence-corrected chi connectivity index (χ3v) is 6.29. The number of rotatable bonds is 4. The normalized spacial score (nSPS) is 11.2. The lowest BCUT2D eigenvalue weighted by Crippen LogP contribution is -1.90. The first-order valence-electron chi connectivity index (χ1n) is 8.23. The molecule has 0 aliphatic heterocycles. The van der Waals surface area contributed by atoms with Gasteiger partial charge < -0.3 is 4.52 Å². The Bertz CT molecular complexity index is 1150. The molecule has 0 unspecified atom stereocenters. The fourth-order valence-electron chi connectivity index (χ4n) is 2.90. The van der Waals surface area contributed by atoms with Crippen LogP contribution in [0, 0.1) is 6.92 Å². The van der Waals surface area contributed by atoms with Gasteiger partial charge in [-0.05, 0) is 36.8 Å². The van der Waals surface area contributed by atoms with E-state index < -0.39 is 0 Å². The molecule has 0 bridgehead atoms. The fraction of sp³-hybridized carbons (Fsp3) is 0.100. The van der Waals surface area contributed by atoms with E-state index in [0.717, 1.165) is 21.8 Å². The summed E-state index contributed by atoms with van der Waals surface area (Å²) in [5.41, 5.74) is 3.71. The molecule has 4 rings (SSSR count). The van der Waals surface area contributed by atoms with Crippen molar-refractivity contribution in [2.24, 2.45) is 0 Å². The van der Waals surface area contributed by atoms with Gasteiger partial charge in [0.1, 0.15) is 11.5 Å². The largest absolute Gasteiger partial charge is 0.360 e. The van der Waals surface area contributed by atoms with Crippen molar-refractivity contribution < 1.29 is 4.52 Å². The summed E-state index contributed by atoms with van der Waals surface area (Å²) < 4.78 is 5.44. The first-order chi connectivity index (χ1) is 13.4. The molecule has 2 aromatic carbocycles. The summed E-state index contributed by atoms with van der Waals surface area (Å²) in [6.07, 6.45) is 0.604. The van der Waals surface area contributed by atoms with Gasteiger partial charge in [-0.15, -0.1) is 11.3 Å². The number of halogens is 4. The van der Waals surface area contributed by atoms with E-state index in [9.17, 15) is 0 Å². The van der Waals surface area contributed by atoms with Crippen LogP contribution in [0.15, 0.2) is 46.3 Å². The topological polar surface area (TPSA) is 38.9 Å². The van der Waals surface area contributed by atoms with Gasteiger partial charge in [0.15, 0.2) is 0 Å². The van der Waals surface area contributed by atoms with Crippen molar-refractivity contribution in [1.82, 2.24) is 10.1 Å². The van der Waals surface area contributed by atoms with Crippen molar-refractivity contribution in [1.29, 1.82) is 0 Å². The summed E-state index contributed by atoms with van der Waals surface area (Å²) in [7, 11) is 0. The van der Waals surface area contributed by atoms with Gasteiger partial charge in [-0.1, -0.05) is 63.7 Å². The van der Waals surface area contributed by atoms with Gasteiger partial charge >= 0.3 is 0 Å². The Morgan fingerprint density at radius 1 is 0.964 bits per heavy atom. The quantitative estimate of drug-likeness (QED) is 0.304. The number of hydrogen-bond donors (Lipinski definition) is 0. The minimum Gasteiger partial charge on any atom is -0.360 e. The monoisotopic (exact) mass is 468 g/mol. The summed E-state index contributed by atoms with van der Waals surface area (Å²) in [6.45, 7) is 1.84. The molecule has 0 spiro atoms. The average molecular weight is 470 g/mol. The van der Waals surface area contributed by atoms with Gasteiger partial charge in [0.05, 0.1) is 26.3 Å². The molecule has 28 heavy (non-hydrogen) atoms. The van der Waals surface area contributed by atoms with Crippen molar-refractivity contribution in [2.45, 2.75) is 13.3 Å². The van der Waals surface area contributed by atoms with Crippen molar-refractivity contribution >= 4 is 57.7 Å². The predicted molar refractivity (Wildman–Crippen MR) is 117 cm³/mol. The minimum absolute atomic E-state index is 0.505. The average Bonchev–Trinajstić information content (AvgIpc) is 3.24. The maximum atomic E-state index is 6.37. The van der Waals surface area contributed by atoms with Crippen LogP contribution in [0.4, 0.5) is 0 Å². The summed E-state index contributed by atoms with van der Waals surface area (Å²) >= 11 is 26.5. The van der Waals surface area contributed by atoms with Crippen LogP contribution < -0.4 is 0 Å². The second-order valence-corrected chi connectivity index (χ2v) is 8.70. The lowest BCUT2D eigenvalue weighted by molar-refractivity contribution is 0.400. The zero-order valence-electron chi connectivity index (χ0n) is 14.5. The van der Waals surface area contributed by atoms with E-state index in [0.29, 0.717) is 43.5 Å². The van der Waals surface area contributed by atoms with E-state index in [-0.39, 0.29) is 0 Å². The Morgan fingerprint density at radius 2 is 1.71 bits per heavy atom. The summed E-state index contributed by atoms with van der Waals surface area (Å²) in [5.74, 6) is 0.646. The molecule has 4 aromatic rings. The van der Waals surface area contributed by atoms with Gasteiger partial charge in [-0.2, -0.15) is 0 Å². The molecular formula is C20H12Cl4N2OS. The molecule has 0 N–H and O–H groups in total. The van der Waals surface area contributed by atoms with Gasteiger partial charge in [0.25, 0.3) is 0 Å². The van der Waals surface area contributed by atoms with Crippen LogP contribution in [0.3, 0.4) is 0 Å². The van der Waals surface area contributed by atoms with Crippen LogP contribution in [0.5, 0.6) is 0 Å². The number of thiazole rings is 1. The first-order valence-corrected chi connectivity index (χ1v) is 10.6. The Hall–Kier alpha value is -1.56. The molecule has 0 saturated carbocycles. The molecule has 0 aliphatic carbocycles. The standard InChI is InChI=1S/C20H12Cl4N2OS/c1-10-18(20(26-27-10)19-13(22)3-2-4-14(19)23)16-9-28-17(25-16)7-11-5-6-12(21)8-15(11)24/h2-6,8-9H,7H2,1H3. The Labute approximate surface area is 185 Å². The molecular weight excluding hydrogens is 458 g/mol. The first kappa shape index (κ1) is 19.7. The third kappa shape index (κ3) is 3.80. The zero-order valence-corrected chi connectivity index (χ0v) is 18.3. The van der Waals surface area contributed by atoms with E-state index in [2.05, 4.69) is 5.16 Å². The summed E-state index contributed by atoms with van der Waals surface area (Å²) in [5, 5.41) is 9.30. The number of benzene rings is 2. The maximum absolute atomic E-state index is 6.37. The van der Waals surface area contributed by atoms with Crippen molar-refractivity contribution in [3.8, 4) is 22.5 Å². The Morgan fingerprint density at radius 3 is 2.43 bits per heavy atom. The molecule has 142 valence electrons. The summed E-state index contributed by atoms with van der Waals surface area (Å²) in [4.78, 5) is 4.76. The smallest absolute Gasteiger partial charge is 0.143 e. The van der Waals surface area contributed by atoms with E-state index >= 15 is 0 Å². The molecule has 0 aliphatic rings. The Balaban J connectivity index is 1.73. The van der Waals surface area contributed by atoms with Crippen LogP contribution >= 0.6 is 57.7 Å². The Kier molecular flexibility index (Phi) is 5.68. The lowest BCUT2D eigenvalue weighted by Gasteiger charge is -2.05. The van der Waals surface area contributed by atoms with Gasteiger partial charge in [-0.25, -0.2) is 4.98 Å². The highest BCUT2D eigenvalue weighted by molar-refractivity contribution is 7.10. The summed E-state index contributed by atoms with van der Waals surface area (Å²) in [6, 6.07) is 10.8. The van der Waals surface area contributed by atoms with E-state index in [1.807, 2.05) is 24.4 Å². The molecule has 3 nitrogen and oxygen atoms in total. The number of nitrogens with zero attached hydrogens (tertiary/aromatic N) is 2. The molecule has 0 atom stereocenters. The molecule has 0 radical (unpaired) electrons. The van der Waals surface area contributed by atoms with Crippen molar-refractivity contribution in [3.63, 3.8) is 0 Å². The van der Waals surface area contributed by atoms with Crippen molar-refractivity contribution in [2.75, 3.05) is 0 Å². The van der Waals surface area contributed by atoms with Crippen LogP contribution in [-0.2, 0) is 6.42 Å². The molecule has 2 heterocycles. The molecule has 2 aromatic heterocycles. The third-order valence-electron chi connectivity index (χ3n) is 4.23. The van der Waals surface area contributed by atoms with E-state index in [4.69, 9.17) is 55.9 Å². The minimum atomic E-state index is 0.505. The predicted octanol–water partition coefficient (Wildman–Crippen LogP) is 7.98. The SMILES string of the molecule is Cc1onc(-c2c(Cl)cccc2Cl)c1-c1csc(Cc2ccc(Cl)cc2Cl)n1. The van der Waals surface area contributed by atoms with E-state index in [1.54, 1.807) is 24.3 Å². The lowest BCUT2D eigenvalue weighted by atomic mass is 10.0. The van der Waals surface area contributed by atoms with Crippen molar-refractivity contribution in [3.05, 3.63) is 78.2 Å². The maximum Gasteiger partial charge on any atom is 0.143 e. The van der Waals surface area contributed by atoms with Crippen LogP contribution in [0.1, 0.15) is 16.3 Å². The number of aryl methyl sites for hydroxylation is 1. The number of hydrogen-bond acceptors (Lipinski definition) is 4. The molecule has 8 heteroatoms. The van der Waals surface area contributed by atoms with E-state index in [1.165, 1.54) is 11.3 Å². The molecule has 0 amide bonds. The zero-order chi connectivity index (χ0) is 19.8. The second-order valence-electron chi connectivity index (χ2n) is 6.10. The van der Waals surface area contributed by atoms with Crippen LogP contribution in [-0.4, -0.2) is 10.1 Å². The van der Waals surface area contributed by atoms with Gasteiger partial charge in [-0.3, -0.25) is 0 Å². The van der Waals surface area contributed by atoms with Crippen LogP contribution in [0.25, 0.3) is 22.5 Å².